The average molecular weight is 497 g/mol. The quantitative estimate of drug-likeness (QED) is 0.329. The Morgan fingerprint density at radius 3 is 2.74 bits per heavy atom. The second-order valence-electron chi connectivity index (χ2n) is 8.08. The van der Waals surface area contributed by atoms with Crippen LogP contribution in [0.4, 0.5) is 5.13 Å². The minimum atomic E-state index is 0.304. The molecule has 6 rings (SSSR count). The van der Waals surface area contributed by atoms with Gasteiger partial charge in [-0.2, -0.15) is 9.50 Å². The van der Waals surface area contributed by atoms with Gasteiger partial charge in [-0.3, -0.25) is 0 Å². The Morgan fingerprint density at radius 1 is 1.11 bits per heavy atom. The Hall–Kier alpha value is -3.64. The SMILES string of the molecule is CCc1nn2cc(-c3nc4c(OCc5nc(N6CCOCC6)sc5C)cc(OC)cc4o3)nc2o1. The summed E-state index contributed by atoms with van der Waals surface area (Å²) in [5, 5.41) is 5.33. The van der Waals surface area contributed by atoms with Crippen molar-refractivity contribution >= 4 is 33.4 Å². The Bertz CT molecular complexity index is 1460. The minimum Gasteiger partial charge on any atom is -0.496 e. The van der Waals surface area contributed by atoms with Crippen molar-refractivity contribution in [2.45, 2.75) is 26.9 Å². The van der Waals surface area contributed by atoms with Crippen LogP contribution in [0.2, 0.25) is 0 Å². The van der Waals surface area contributed by atoms with Gasteiger partial charge in [-0.25, -0.2) is 9.97 Å². The van der Waals surface area contributed by atoms with E-state index in [1.807, 2.05) is 6.92 Å². The number of ether oxygens (including phenoxy) is 3. The zero-order valence-electron chi connectivity index (χ0n) is 19.6. The summed E-state index contributed by atoms with van der Waals surface area (Å²) in [5.74, 6) is 2.50. The molecule has 1 saturated heterocycles. The number of fused-ring (bicyclic) bond motifs is 2. The van der Waals surface area contributed by atoms with E-state index in [0.717, 1.165) is 42.0 Å². The monoisotopic (exact) mass is 496 g/mol. The molecule has 35 heavy (non-hydrogen) atoms. The number of aromatic nitrogens is 5. The number of hydrogen-bond acceptors (Lipinski definition) is 11. The van der Waals surface area contributed by atoms with Crippen molar-refractivity contribution in [3.63, 3.8) is 0 Å². The van der Waals surface area contributed by atoms with Crippen molar-refractivity contribution in [2.24, 2.45) is 0 Å². The predicted molar refractivity (Wildman–Crippen MR) is 128 cm³/mol. The first-order valence-corrected chi connectivity index (χ1v) is 12.2. The van der Waals surface area contributed by atoms with Crippen molar-refractivity contribution < 1.29 is 23.0 Å². The summed E-state index contributed by atoms with van der Waals surface area (Å²) >= 11 is 1.67. The summed E-state index contributed by atoms with van der Waals surface area (Å²) in [4.78, 5) is 17.3. The maximum atomic E-state index is 6.19. The van der Waals surface area contributed by atoms with Crippen LogP contribution in [0.1, 0.15) is 23.4 Å². The lowest BCUT2D eigenvalue weighted by Gasteiger charge is -2.26. The van der Waals surface area contributed by atoms with E-state index in [2.05, 4.69) is 26.9 Å². The number of oxazole rings is 1. The molecule has 0 radical (unpaired) electrons. The fourth-order valence-corrected chi connectivity index (χ4v) is 4.85. The highest BCUT2D eigenvalue weighted by Gasteiger charge is 2.21. The van der Waals surface area contributed by atoms with Gasteiger partial charge in [0.2, 0.25) is 11.8 Å². The third kappa shape index (κ3) is 4.08. The molecule has 4 aromatic heterocycles. The smallest absolute Gasteiger partial charge is 0.325 e. The molecule has 5 heterocycles. The Kier molecular flexibility index (Phi) is 5.53. The summed E-state index contributed by atoms with van der Waals surface area (Å²) in [6.07, 6.45) is 2.42. The molecule has 0 saturated carbocycles. The second kappa shape index (κ2) is 8.86. The first kappa shape index (κ1) is 21.9. The molecule has 11 nitrogen and oxygen atoms in total. The molecule has 5 aromatic rings. The van der Waals surface area contributed by atoms with Gasteiger partial charge in [0.1, 0.15) is 18.1 Å². The van der Waals surface area contributed by atoms with Gasteiger partial charge >= 0.3 is 5.84 Å². The van der Waals surface area contributed by atoms with Crippen LogP contribution in [-0.4, -0.2) is 58.0 Å². The molecule has 1 aromatic carbocycles. The van der Waals surface area contributed by atoms with E-state index in [0.29, 0.717) is 58.9 Å². The number of methoxy groups -OCH3 is 1. The van der Waals surface area contributed by atoms with Gasteiger partial charge in [0.15, 0.2) is 22.0 Å². The lowest BCUT2D eigenvalue weighted by Crippen LogP contribution is -2.36. The number of benzene rings is 1. The number of nitrogens with zero attached hydrogens (tertiary/aromatic N) is 6. The number of thiazole rings is 1. The van der Waals surface area contributed by atoms with Crippen LogP contribution in [0, 0.1) is 6.92 Å². The van der Waals surface area contributed by atoms with Crippen LogP contribution in [0.3, 0.4) is 0 Å². The first-order valence-electron chi connectivity index (χ1n) is 11.4. The molecule has 12 heteroatoms. The maximum Gasteiger partial charge on any atom is 0.325 e. The molecule has 0 unspecified atom stereocenters. The van der Waals surface area contributed by atoms with E-state index >= 15 is 0 Å². The summed E-state index contributed by atoms with van der Waals surface area (Å²) in [6.45, 7) is 7.47. The molecular formula is C23H24N6O5S. The molecule has 1 aliphatic rings. The Labute approximate surface area is 204 Å². The van der Waals surface area contributed by atoms with Gasteiger partial charge in [0, 0.05) is 36.5 Å². The van der Waals surface area contributed by atoms with Crippen molar-refractivity contribution in [1.29, 1.82) is 0 Å². The fourth-order valence-electron chi connectivity index (χ4n) is 3.88. The van der Waals surface area contributed by atoms with Crippen LogP contribution in [0.25, 0.3) is 28.5 Å². The molecule has 0 bridgehead atoms. The molecule has 182 valence electrons. The molecule has 1 aliphatic heterocycles. The lowest BCUT2D eigenvalue weighted by atomic mass is 10.3. The minimum absolute atomic E-state index is 0.304. The van der Waals surface area contributed by atoms with E-state index in [1.165, 1.54) is 0 Å². The second-order valence-corrected chi connectivity index (χ2v) is 9.26. The Morgan fingerprint density at radius 2 is 1.97 bits per heavy atom. The van der Waals surface area contributed by atoms with E-state index in [-0.39, 0.29) is 0 Å². The van der Waals surface area contributed by atoms with Gasteiger partial charge in [-0.15, -0.1) is 16.4 Å². The third-order valence-electron chi connectivity index (χ3n) is 5.80. The number of aryl methyl sites for hydroxylation is 2. The topological polar surface area (TPSA) is 113 Å². The number of anilines is 1. The maximum absolute atomic E-state index is 6.19. The average Bonchev–Trinajstić information content (AvgIpc) is 3.64. The summed E-state index contributed by atoms with van der Waals surface area (Å²) in [6, 6.07) is 3.57. The summed E-state index contributed by atoms with van der Waals surface area (Å²) in [7, 11) is 1.60. The van der Waals surface area contributed by atoms with Gasteiger partial charge in [0.25, 0.3) is 0 Å². The zero-order valence-corrected chi connectivity index (χ0v) is 20.4. The zero-order chi connectivity index (χ0) is 23.9. The van der Waals surface area contributed by atoms with Crippen LogP contribution < -0.4 is 14.4 Å². The first-order chi connectivity index (χ1) is 17.1. The molecule has 1 fully saturated rings. The highest BCUT2D eigenvalue weighted by Crippen LogP contribution is 2.35. The normalized spacial score (nSPS) is 14.3. The van der Waals surface area contributed by atoms with Gasteiger partial charge in [-0.1, -0.05) is 6.92 Å². The molecule has 0 atom stereocenters. The van der Waals surface area contributed by atoms with Gasteiger partial charge in [-0.05, 0) is 6.92 Å². The van der Waals surface area contributed by atoms with Gasteiger partial charge in [0.05, 0.1) is 32.2 Å². The number of hydrogen-bond donors (Lipinski definition) is 0. The third-order valence-corrected chi connectivity index (χ3v) is 6.88. The largest absolute Gasteiger partial charge is 0.496 e. The van der Waals surface area contributed by atoms with Crippen LogP contribution >= 0.6 is 11.3 Å². The van der Waals surface area contributed by atoms with Crippen molar-refractivity contribution in [3.8, 4) is 23.1 Å². The summed E-state index contributed by atoms with van der Waals surface area (Å²) < 4.78 is 30.3. The molecule has 0 spiro atoms. The van der Waals surface area contributed by atoms with Gasteiger partial charge < -0.3 is 27.9 Å². The molecule has 0 N–H and O–H groups in total. The standard InChI is InChI=1S/C23H24N6O5S/c1-4-19-27-29-11-15(24-22(29)34-19)21-26-20-17(9-14(30-3)10-18(20)33-21)32-12-16-13(2)35-23(25-16)28-5-7-31-8-6-28/h9-11H,4-8,12H2,1-3H3. The number of imidazole rings is 1. The van der Waals surface area contributed by atoms with Crippen molar-refractivity contribution in [1.82, 2.24) is 24.6 Å². The predicted octanol–water partition coefficient (Wildman–Crippen LogP) is 3.88. The lowest BCUT2D eigenvalue weighted by molar-refractivity contribution is 0.122. The van der Waals surface area contributed by atoms with Crippen LogP contribution in [0.5, 0.6) is 11.5 Å². The fraction of sp³-hybridized carbons (Fsp3) is 0.391. The highest BCUT2D eigenvalue weighted by molar-refractivity contribution is 7.15. The number of rotatable bonds is 7. The van der Waals surface area contributed by atoms with E-state index in [9.17, 15) is 0 Å². The summed E-state index contributed by atoms with van der Waals surface area (Å²) in [5.41, 5.74) is 2.52. The van der Waals surface area contributed by atoms with Crippen LogP contribution in [0.15, 0.2) is 27.2 Å². The number of morpholine rings is 1. The van der Waals surface area contributed by atoms with E-state index < -0.39 is 0 Å². The molecule has 0 aliphatic carbocycles. The van der Waals surface area contributed by atoms with Crippen molar-refractivity contribution in [3.05, 3.63) is 34.8 Å². The van der Waals surface area contributed by atoms with E-state index in [1.54, 1.807) is 41.3 Å². The highest BCUT2D eigenvalue weighted by atomic mass is 32.1. The van der Waals surface area contributed by atoms with E-state index in [4.69, 9.17) is 28.0 Å². The molecular weight excluding hydrogens is 472 g/mol. The molecule has 0 amide bonds. The Balaban J connectivity index is 1.29. The van der Waals surface area contributed by atoms with Crippen LogP contribution in [-0.2, 0) is 17.8 Å². The van der Waals surface area contributed by atoms with Crippen molar-refractivity contribution in [2.75, 3.05) is 38.3 Å².